The number of nitrogens with one attached hydrogen (secondary N) is 1. The predicted octanol–water partition coefficient (Wildman–Crippen LogP) is 5.13. The molecule has 0 aliphatic heterocycles. The Morgan fingerprint density at radius 1 is 1.06 bits per heavy atom. The van der Waals surface area contributed by atoms with Crippen LogP contribution in [0.25, 0.3) is 22.4 Å². The highest BCUT2D eigenvalue weighted by atomic mass is 19.1. The highest BCUT2D eigenvalue weighted by Gasteiger charge is 2.22. The number of amides is 1. The van der Waals surface area contributed by atoms with Crippen LogP contribution in [0.1, 0.15) is 23.0 Å². The van der Waals surface area contributed by atoms with Gasteiger partial charge in [-0.05, 0) is 50.2 Å². The second-order valence-electron chi connectivity index (χ2n) is 7.00. The van der Waals surface area contributed by atoms with Gasteiger partial charge in [0.2, 0.25) is 0 Å². The van der Waals surface area contributed by atoms with Gasteiger partial charge in [-0.3, -0.25) is 4.79 Å². The molecule has 31 heavy (non-hydrogen) atoms. The van der Waals surface area contributed by atoms with Crippen LogP contribution in [0.15, 0.2) is 71.1 Å². The lowest BCUT2D eigenvalue weighted by atomic mass is 10.1. The van der Waals surface area contributed by atoms with Crippen molar-refractivity contribution in [2.75, 3.05) is 5.32 Å². The first kappa shape index (κ1) is 20.3. The number of benzene rings is 2. The molecule has 2 aromatic carbocycles. The maximum absolute atomic E-state index is 13.8. The summed E-state index contributed by atoms with van der Waals surface area (Å²) in [5, 5.41) is 3.01. The fourth-order valence-corrected chi connectivity index (χ4v) is 3.12. The van der Waals surface area contributed by atoms with E-state index in [2.05, 4.69) is 10.3 Å². The summed E-state index contributed by atoms with van der Waals surface area (Å²) in [5.74, 6) is -0.680. The standard InChI is InChI=1S/C24H19FN2O4/c1-14-11-12-22(30-14)21-13-17(16-7-3-5-9-19(16)26-21)24(29)31-15(2)23(28)27-20-10-6-4-8-18(20)25/h3-13,15H,1-2H3,(H,27,28)/t15-/m0/s1. The number of pyridine rings is 1. The third kappa shape index (κ3) is 4.30. The lowest BCUT2D eigenvalue weighted by molar-refractivity contribution is -0.123. The van der Waals surface area contributed by atoms with Gasteiger partial charge in [-0.2, -0.15) is 0 Å². The number of ether oxygens (including phenoxy) is 1. The van der Waals surface area contributed by atoms with Gasteiger partial charge >= 0.3 is 5.97 Å². The van der Waals surface area contributed by atoms with Gasteiger partial charge in [-0.1, -0.05) is 30.3 Å². The number of hydrogen-bond donors (Lipinski definition) is 1. The molecule has 2 heterocycles. The van der Waals surface area contributed by atoms with E-state index in [9.17, 15) is 14.0 Å². The normalized spacial score (nSPS) is 11.8. The summed E-state index contributed by atoms with van der Waals surface area (Å²) in [4.78, 5) is 29.9. The van der Waals surface area contributed by atoms with Crippen LogP contribution in [-0.2, 0) is 9.53 Å². The maximum atomic E-state index is 13.8. The molecular formula is C24H19FN2O4. The van der Waals surface area contributed by atoms with Crippen molar-refractivity contribution in [1.82, 2.24) is 4.98 Å². The molecule has 6 nitrogen and oxygen atoms in total. The van der Waals surface area contributed by atoms with Crippen molar-refractivity contribution >= 4 is 28.5 Å². The molecular weight excluding hydrogens is 399 g/mol. The summed E-state index contributed by atoms with van der Waals surface area (Å²) in [6.45, 7) is 3.24. The van der Waals surface area contributed by atoms with Crippen LogP contribution in [0.2, 0.25) is 0 Å². The molecule has 1 amide bonds. The van der Waals surface area contributed by atoms with Crippen molar-refractivity contribution < 1.29 is 23.1 Å². The minimum Gasteiger partial charge on any atom is -0.460 e. The number of halogens is 1. The molecule has 156 valence electrons. The smallest absolute Gasteiger partial charge is 0.339 e. The first-order valence-electron chi connectivity index (χ1n) is 9.65. The molecule has 0 radical (unpaired) electrons. The molecule has 0 aliphatic carbocycles. The number of hydrogen-bond acceptors (Lipinski definition) is 5. The number of carbonyl (C=O) groups excluding carboxylic acids is 2. The van der Waals surface area contributed by atoms with Crippen molar-refractivity contribution in [2.45, 2.75) is 20.0 Å². The molecule has 4 rings (SSSR count). The summed E-state index contributed by atoms with van der Waals surface area (Å²) < 4.78 is 24.8. The fraction of sp³-hybridized carbons (Fsp3) is 0.125. The Labute approximate surface area is 177 Å². The van der Waals surface area contributed by atoms with E-state index in [1.807, 2.05) is 13.0 Å². The van der Waals surface area contributed by atoms with Gasteiger partial charge in [0.15, 0.2) is 11.9 Å². The van der Waals surface area contributed by atoms with Crippen LogP contribution in [0.4, 0.5) is 10.1 Å². The Kier molecular flexibility index (Phi) is 5.49. The SMILES string of the molecule is Cc1ccc(-c2cc(C(=O)O[C@@H](C)C(=O)Nc3ccccc3F)c3ccccc3n2)o1. The van der Waals surface area contributed by atoms with Crippen molar-refractivity contribution in [3.8, 4) is 11.5 Å². The van der Waals surface area contributed by atoms with Gasteiger partial charge in [0.05, 0.1) is 16.8 Å². The van der Waals surface area contributed by atoms with Gasteiger partial charge < -0.3 is 14.5 Å². The van der Waals surface area contributed by atoms with Crippen LogP contribution in [0, 0.1) is 12.7 Å². The van der Waals surface area contributed by atoms with Crippen molar-refractivity contribution in [3.05, 3.63) is 83.9 Å². The quantitative estimate of drug-likeness (QED) is 0.455. The molecule has 0 spiro atoms. The van der Waals surface area contributed by atoms with E-state index in [0.29, 0.717) is 28.1 Å². The van der Waals surface area contributed by atoms with E-state index in [1.54, 1.807) is 42.5 Å². The third-order valence-electron chi connectivity index (χ3n) is 4.71. The van der Waals surface area contributed by atoms with Crippen LogP contribution in [0.3, 0.4) is 0 Å². The van der Waals surface area contributed by atoms with Crippen molar-refractivity contribution in [2.24, 2.45) is 0 Å². The molecule has 1 N–H and O–H groups in total. The molecule has 2 aromatic heterocycles. The van der Waals surface area contributed by atoms with Crippen LogP contribution >= 0.6 is 0 Å². The lowest BCUT2D eigenvalue weighted by Crippen LogP contribution is -2.30. The Morgan fingerprint density at radius 3 is 2.55 bits per heavy atom. The molecule has 0 aliphatic rings. The third-order valence-corrected chi connectivity index (χ3v) is 4.71. The maximum Gasteiger partial charge on any atom is 0.339 e. The fourth-order valence-electron chi connectivity index (χ4n) is 3.12. The zero-order valence-electron chi connectivity index (χ0n) is 16.9. The number of anilines is 1. The van der Waals surface area contributed by atoms with E-state index in [0.717, 1.165) is 0 Å². The van der Waals surface area contributed by atoms with Gasteiger partial charge in [-0.25, -0.2) is 14.2 Å². The van der Waals surface area contributed by atoms with Gasteiger partial charge in [0.1, 0.15) is 17.3 Å². The monoisotopic (exact) mass is 418 g/mol. The minimum absolute atomic E-state index is 0.0141. The van der Waals surface area contributed by atoms with Crippen LogP contribution < -0.4 is 5.32 Å². The average Bonchev–Trinajstić information content (AvgIpc) is 3.20. The first-order chi connectivity index (χ1) is 14.9. The largest absolute Gasteiger partial charge is 0.460 e. The second kappa shape index (κ2) is 8.39. The Hall–Kier alpha value is -4.00. The minimum atomic E-state index is -1.15. The molecule has 0 saturated carbocycles. The van der Waals surface area contributed by atoms with E-state index >= 15 is 0 Å². The Balaban J connectivity index is 1.61. The number of para-hydroxylation sites is 2. The zero-order chi connectivity index (χ0) is 22.0. The lowest BCUT2D eigenvalue weighted by Gasteiger charge is -2.15. The summed E-state index contributed by atoms with van der Waals surface area (Å²) >= 11 is 0. The highest BCUT2D eigenvalue weighted by Crippen LogP contribution is 2.27. The topological polar surface area (TPSA) is 81.4 Å². The van der Waals surface area contributed by atoms with E-state index < -0.39 is 23.8 Å². The molecule has 0 unspecified atom stereocenters. The Bertz CT molecular complexity index is 1280. The van der Waals surface area contributed by atoms with E-state index in [1.165, 1.54) is 25.1 Å². The van der Waals surface area contributed by atoms with Crippen LogP contribution in [-0.4, -0.2) is 23.0 Å². The number of aromatic nitrogens is 1. The van der Waals surface area contributed by atoms with E-state index in [-0.39, 0.29) is 11.3 Å². The van der Waals surface area contributed by atoms with Crippen molar-refractivity contribution in [1.29, 1.82) is 0 Å². The van der Waals surface area contributed by atoms with Gasteiger partial charge in [0.25, 0.3) is 5.91 Å². The molecule has 1 atom stereocenters. The van der Waals surface area contributed by atoms with Gasteiger partial charge in [-0.15, -0.1) is 0 Å². The number of nitrogens with zero attached hydrogens (tertiary/aromatic N) is 1. The van der Waals surface area contributed by atoms with Gasteiger partial charge in [0, 0.05) is 5.39 Å². The Morgan fingerprint density at radius 2 is 1.81 bits per heavy atom. The predicted molar refractivity (Wildman–Crippen MR) is 114 cm³/mol. The van der Waals surface area contributed by atoms with E-state index in [4.69, 9.17) is 9.15 Å². The van der Waals surface area contributed by atoms with Crippen molar-refractivity contribution in [3.63, 3.8) is 0 Å². The summed E-state index contributed by atoms with van der Waals surface area (Å²) in [5.41, 5.74) is 1.33. The molecule has 0 fully saturated rings. The molecule has 0 saturated heterocycles. The first-order valence-corrected chi connectivity index (χ1v) is 9.65. The molecule has 0 bridgehead atoms. The molecule has 4 aromatic rings. The number of esters is 1. The van der Waals surface area contributed by atoms with Crippen LogP contribution in [0.5, 0.6) is 0 Å². The second-order valence-corrected chi connectivity index (χ2v) is 7.00. The molecule has 7 heteroatoms. The number of furan rings is 1. The summed E-state index contributed by atoms with van der Waals surface area (Å²) in [6.07, 6.45) is -1.15. The number of carbonyl (C=O) groups is 2. The zero-order valence-corrected chi connectivity index (χ0v) is 16.9. The number of fused-ring (bicyclic) bond motifs is 1. The summed E-state index contributed by atoms with van der Waals surface area (Å²) in [6, 6.07) is 18.0. The number of aryl methyl sites for hydroxylation is 1. The summed E-state index contributed by atoms with van der Waals surface area (Å²) in [7, 11) is 0. The average molecular weight is 418 g/mol. The highest BCUT2D eigenvalue weighted by molar-refractivity contribution is 6.05. The number of rotatable bonds is 5.